The van der Waals surface area contributed by atoms with Crippen molar-refractivity contribution in [3.63, 3.8) is 0 Å². The van der Waals surface area contributed by atoms with E-state index in [1.54, 1.807) is 11.9 Å². The lowest BCUT2D eigenvalue weighted by Gasteiger charge is -2.32. The number of amides is 1. The van der Waals surface area contributed by atoms with Crippen LogP contribution in [0.1, 0.15) is 45.4 Å². The number of carbonyl (C=O) groups excluding carboxylic acids is 1. The fraction of sp³-hybridized carbons (Fsp3) is 0.933. The standard InChI is InChI=1S/C15H29N3O3S/c1-12-3-5-13(6-4-12)17-22(20,21)11-15(19)18(2)14-7-9-16-10-8-14/h12-14,16-17H,3-11H2,1-2H3. The van der Waals surface area contributed by atoms with Gasteiger partial charge in [0.1, 0.15) is 5.75 Å². The maximum absolute atomic E-state index is 12.2. The first kappa shape index (κ1) is 17.7. The molecule has 0 aromatic rings. The molecule has 1 heterocycles. The highest BCUT2D eigenvalue weighted by Crippen LogP contribution is 2.23. The van der Waals surface area contributed by atoms with Gasteiger partial charge in [0.2, 0.25) is 15.9 Å². The number of nitrogens with zero attached hydrogens (tertiary/aromatic N) is 1. The Bertz CT molecular complexity index is 466. The Morgan fingerprint density at radius 1 is 1.14 bits per heavy atom. The van der Waals surface area contributed by atoms with Crippen molar-refractivity contribution >= 4 is 15.9 Å². The molecule has 2 aliphatic rings. The van der Waals surface area contributed by atoms with Crippen molar-refractivity contribution in [2.24, 2.45) is 5.92 Å². The normalized spacial score (nSPS) is 27.5. The first-order chi connectivity index (χ1) is 10.4. The van der Waals surface area contributed by atoms with Gasteiger partial charge in [0.15, 0.2) is 0 Å². The van der Waals surface area contributed by atoms with Crippen LogP contribution >= 0.6 is 0 Å². The lowest BCUT2D eigenvalue weighted by atomic mass is 9.88. The van der Waals surface area contributed by atoms with Crippen molar-refractivity contribution < 1.29 is 13.2 Å². The van der Waals surface area contributed by atoms with Gasteiger partial charge >= 0.3 is 0 Å². The smallest absolute Gasteiger partial charge is 0.239 e. The summed E-state index contributed by atoms with van der Waals surface area (Å²) in [6.07, 6.45) is 5.62. The summed E-state index contributed by atoms with van der Waals surface area (Å²) in [7, 11) is -1.82. The summed E-state index contributed by atoms with van der Waals surface area (Å²) in [5.41, 5.74) is 0. The Hall–Kier alpha value is -0.660. The molecule has 1 aliphatic carbocycles. The lowest BCUT2D eigenvalue weighted by Crippen LogP contribution is -2.48. The molecule has 6 nitrogen and oxygen atoms in total. The average molecular weight is 331 g/mol. The molecule has 0 aromatic carbocycles. The minimum atomic E-state index is -3.54. The number of rotatable bonds is 5. The van der Waals surface area contributed by atoms with Crippen molar-refractivity contribution in [2.45, 2.75) is 57.5 Å². The molecule has 0 radical (unpaired) electrons. The zero-order valence-corrected chi connectivity index (χ0v) is 14.5. The highest BCUT2D eigenvalue weighted by molar-refractivity contribution is 7.90. The second kappa shape index (κ2) is 7.75. The second-order valence-electron chi connectivity index (χ2n) is 6.82. The number of piperidine rings is 1. The average Bonchev–Trinajstić information content (AvgIpc) is 2.49. The topological polar surface area (TPSA) is 78.5 Å². The molecule has 1 aliphatic heterocycles. The first-order valence-corrected chi connectivity index (χ1v) is 9.99. The molecule has 1 saturated heterocycles. The Kier molecular flexibility index (Phi) is 6.23. The van der Waals surface area contributed by atoms with Gasteiger partial charge in [-0.3, -0.25) is 4.79 Å². The van der Waals surface area contributed by atoms with E-state index in [2.05, 4.69) is 17.0 Å². The third-order valence-corrected chi connectivity index (χ3v) is 6.24. The molecule has 0 bridgehead atoms. The largest absolute Gasteiger partial charge is 0.342 e. The molecule has 0 aromatic heterocycles. The maximum atomic E-state index is 12.2. The van der Waals surface area contributed by atoms with E-state index in [1.807, 2.05) is 0 Å². The number of carbonyl (C=O) groups is 1. The van der Waals surface area contributed by atoms with Crippen LogP contribution in [-0.2, 0) is 14.8 Å². The van der Waals surface area contributed by atoms with E-state index in [9.17, 15) is 13.2 Å². The van der Waals surface area contributed by atoms with Crippen LogP contribution in [-0.4, -0.2) is 57.2 Å². The molecule has 1 saturated carbocycles. The van der Waals surface area contributed by atoms with E-state index in [1.165, 1.54) is 0 Å². The van der Waals surface area contributed by atoms with Gasteiger partial charge in [0.25, 0.3) is 0 Å². The monoisotopic (exact) mass is 331 g/mol. The molecule has 22 heavy (non-hydrogen) atoms. The van der Waals surface area contributed by atoms with Gasteiger partial charge in [0.05, 0.1) is 0 Å². The molecular weight excluding hydrogens is 302 g/mol. The fourth-order valence-electron chi connectivity index (χ4n) is 3.34. The van der Waals surface area contributed by atoms with Crippen LogP contribution in [0.15, 0.2) is 0 Å². The zero-order valence-electron chi connectivity index (χ0n) is 13.7. The summed E-state index contributed by atoms with van der Waals surface area (Å²) in [5.74, 6) is -0.0588. The molecular formula is C15H29N3O3S. The Morgan fingerprint density at radius 2 is 1.73 bits per heavy atom. The predicted molar refractivity (Wildman–Crippen MR) is 87.0 cm³/mol. The minimum Gasteiger partial charge on any atom is -0.342 e. The maximum Gasteiger partial charge on any atom is 0.239 e. The van der Waals surface area contributed by atoms with Crippen LogP contribution in [0.4, 0.5) is 0 Å². The van der Waals surface area contributed by atoms with Crippen molar-refractivity contribution in [1.82, 2.24) is 14.9 Å². The molecule has 7 heteroatoms. The highest BCUT2D eigenvalue weighted by Gasteiger charge is 2.28. The van der Waals surface area contributed by atoms with Crippen molar-refractivity contribution in [3.8, 4) is 0 Å². The molecule has 0 unspecified atom stereocenters. The first-order valence-electron chi connectivity index (χ1n) is 8.34. The number of hydrogen-bond donors (Lipinski definition) is 2. The van der Waals surface area contributed by atoms with Gasteiger partial charge in [-0.05, 0) is 57.5 Å². The summed E-state index contributed by atoms with van der Waals surface area (Å²) < 4.78 is 27.1. The predicted octanol–water partition coefficient (Wildman–Crippen LogP) is 0.695. The molecule has 2 fully saturated rings. The van der Waals surface area contributed by atoms with E-state index >= 15 is 0 Å². The molecule has 2 rings (SSSR count). The Morgan fingerprint density at radius 3 is 2.32 bits per heavy atom. The van der Waals surface area contributed by atoms with Crippen LogP contribution in [0.25, 0.3) is 0 Å². The van der Waals surface area contributed by atoms with Crippen LogP contribution in [0.3, 0.4) is 0 Å². The number of hydrogen-bond acceptors (Lipinski definition) is 4. The third-order valence-electron chi connectivity index (χ3n) is 4.93. The van der Waals surface area contributed by atoms with E-state index in [0.29, 0.717) is 5.92 Å². The van der Waals surface area contributed by atoms with Crippen LogP contribution in [0.5, 0.6) is 0 Å². The fourth-order valence-corrected chi connectivity index (χ4v) is 4.69. The molecule has 1 amide bonds. The van der Waals surface area contributed by atoms with Gasteiger partial charge in [-0.2, -0.15) is 0 Å². The van der Waals surface area contributed by atoms with Crippen LogP contribution < -0.4 is 10.0 Å². The second-order valence-corrected chi connectivity index (χ2v) is 8.57. The Balaban J connectivity index is 1.83. The molecule has 128 valence electrons. The molecule has 0 spiro atoms. The molecule has 2 N–H and O–H groups in total. The minimum absolute atomic E-state index is 0.00168. The summed E-state index contributed by atoms with van der Waals surface area (Å²) in [4.78, 5) is 13.9. The van der Waals surface area contributed by atoms with Crippen molar-refractivity contribution in [2.75, 3.05) is 25.9 Å². The van der Waals surface area contributed by atoms with Crippen LogP contribution in [0, 0.1) is 5.92 Å². The van der Waals surface area contributed by atoms with Crippen molar-refractivity contribution in [1.29, 1.82) is 0 Å². The highest BCUT2D eigenvalue weighted by atomic mass is 32.2. The van der Waals surface area contributed by atoms with E-state index in [0.717, 1.165) is 51.6 Å². The summed E-state index contributed by atoms with van der Waals surface area (Å²) in [6.45, 7) is 3.96. The Labute approximate surface area is 134 Å². The van der Waals surface area contributed by atoms with E-state index in [-0.39, 0.29) is 18.0 Å². The van der Waals surface area contributed by atoms with Gasteiger partial charge in [0, 0.05) is 19.1 Å². The number of sulfonamides is 1. The van der Waals surface area contributed by atoms with Gasteiger partial charge in [-0.15, -0.1) is 0 Å². The summed E-state index contributed by atoms with van der Waals surface area (Å²) in [5, 5.41) is 3.25. The summed E-state index contributed by atoms with van der Waals surface area (Å²) >= 11 is 0. The van der Waals surface area contributed by atoms with E-state index < -0.39 is 15.8 Å². The van der Waals surface area contributed by atoms with Gasteiger partial charge in [-0.1, -0.05) is 6.92 Å². The number of nitrogens with one attached hydrogen (secondary N) is 2. The van der Waals surface area contributed by atoms with Crippen LogP contribution in [0.2, 0.25) is 0 Å². The van der Waals surface area contributed by atoms with E-state index in [4.69, 9.17) is 0 Å². The van der Waals surface area contributed by atoms with Gasteiger partial charge in [-0.25, -0.2) is 13.1 Å². The molecule has 0 atom stereocenters. The van der Waals surface area contributed by atoms with Crippen molar-refractivity contribution in [3.05, 3.63) is 0 Å². The SMILES string of the molecule is CC1CCC(NS(=O)(=O)CC(=O)N(C)C2CCNCC2)CC1. The van der Waals surface area contributed by atoms with Gasteiger partial charge < -0.3 is 10.2 Å². The summed E-state index contributed by atoms with van der Waals surface area (Å²) in [6, 6.07) is 0.151. The lowest BCUT2D eigenvalue weighted by molar-refractivity contribution is -0.129. The third kappa shape index (κ3) is 5.21. The quantitative estimate of drug-likeness (QED) is 0.777. The zero-order chi connectivity index (χ0) is 16.2.